The van der Waals surface area contributed by atoms with Crippen LogP contribution < -0.4 is 0 Å². The molecule has 0 aromatic heterocycles. The SMILES string of the molecule is CCC(OC)C1C=CC(C(C)O)O1. The number of methoxy groups -OCH3 is 1. The first-order chi connectivity index (χ1) is 6.19. The summed E-state index contributed by atoms with van der Waals surface area (Å²) in [5.74, 6) is 0. The third-order valence-corrected chi connectivity index (χ3v) is 2.35. The van der Waals surface area contributed by atoms with Crippen LogP contribution in [-0.2, 0) is 9.47 Å². The summed E-state index contributed by atoms with van der Waals surface area (Å²) in [7, 11) is 1.68. The molecule has 4 atom stereocenters. The van der Waals surface area contributed by atoms with Crippen LogP contribution in [0.2, 0.25) is 0 Å². The molecule has 3 nitrogen and oxygen atoms in total. The van der Waals surface area contributed by atoms with Crippen molar-refractivity contribution in [3.8, 4) is 0 Å². The van der Waals surface area contributed by atoms with Gasteiger partial charge < -0.3 is 14.6 Å². The van der Waals surface area contributed by atoms with E-state index in [-0.39, 0.29) is 18.3 Å². The first kappa shape index (κ1) is 10.7. The number of hydrogen-bond acceptors (Lipinski definition) is 3. The van der Waals surface area contributed by atoms with Gasteiger partial charge >= 0.3 is 0 Å². The summed E-state index contributed by atoms with van der Waals surface area (Å²) >= 11 is 0. The van der Waals surface area contributed by atoms with Gasteiger partial charge in [-0.2, -0.15) is 0 Å². The van der Waals surface area contributed by atoms with Gasteiger partial charge in [-0.1, -0.05) is 19.1 Å². The van der Waals surface area contributed by atoms with E-state index in [1.165, 1.54) is 0 Å². The van der Waals surface area contributed by atoms with Gasteiger partial charge in [0.25, 0.3) is 0 Å². The Balaban J connectivity index is 2.45. The number of ether oxygens (including phenoxy) is 2. The molecule has 0 aromatic carbocycles. The van der Waals surface area contributed by atoms with Crippen molar-refractivity contribution in [2.24, 2.45) is 0 Å². The van der Waals surface area contributed by atoms with Crippen LogP contribution in [0, 0.1) is 0 Å². The minimum atomic E-state index is -0.449. The highest BCUT2D eigenvalue weighted by atomic mass is 16.5. The molecule has 0 saturated heterocycles. The summed E-state index contributed by atoms with van der Waals surface area (Å²) < 4.78 is 10.8. The predicted molar refractivity (Wildman–Crippen MR) is 50.6 cm³/mol. The van der Waals surface area contributed by atoms with Crippen LogP contribution in [0.1, 0.15) is 20.3 Å². The smallest absolute Gasteiger partial charge is 0.103 e. The van der Waals surface area contributed by atoms with E-state index in [2.05, 4.69) is 6.92 Å². The molecule has 1 aliphatic heterocycles. The molecule has 1 rings (SSSR count). The van der Waals surface area contributed by atoms with Crippen LogP contribution in [-0.4, -0.2) is 36.6 Å². The summed E-state index contributed by atoms with van der Waals surface area (Å²) in [6.07, 6.45) is 4.25. The molecule has 1 heterocycles. The van der Waals surface area contributed by atoms with Gasteiger partial charge in [0, 0.05) is 7.11 Å². The third-order valence-electron chi connectivity index (χ3n) is 2.35. The Labute approximate surface area is 79.3 Å². The summed E-state index contributed by atoms with van der Waals surface area (Å²) in [5.41, 5.74) is 0. The van der Waals surface area contributed by atoms with Gasteiger partial charge in [0.2, 0.25) is 0 Å². The van der Waals surface area contributed by atoms with Crippen molar-refractivity contribution in [1.29, 1.82) is 0 Å². The molecule has 0 radical (unpaired) electrons. The van der Waals surface area contributed by atoms with Gasteiger partial charge in [-0.15, -0.1) is 0 Å². The molecule has 0 spiro atoms. The summed E-state index contributed by atoms with van der Waals surface area (Å²) in [6, 6.07) is 0. The van der Waals surface area contributed by atoms with Gasteiger partial charge in [0.1, 0.15) is 12.2 Å². The van der Waals surface area contributed by atoms with Crippen molar-refractivity contribution in [2.75, 3.05) is 7.11 Å². The van der Waals surface area contributed by atoms with E-state index in [4.69, 9.17) is 9.47 Å². The van der Waals surface area contributed by atoms with Crippen LogP contribution in [0.4, 0.5) is 0 Å². The molecule has 0 fully saturated rings. The maximum atomic E-state index is 9.28. The van der Waals surface area contributed by atoms with E-state index in [9.17, 15) is 5.11 Å². The van der Waals surface area contributed by atoms with E-state index in [0.717, 1.165) is 6.42 Å². The Morgan fingerprint density at radius 2 is 2.08 bits per heavy atom. The summed E-state index contributed by atoms with van der Waals surface area (Å²) in [4.78, 5) is 0. The Morgan fingerprint density at radius 1 is 1.46 bits per heavy atom. The summed E-state index contributed by atoms with van der Waals surface area (Å²) in [5, 5.41) is 9.28. The lowest BCUT2D eigenvalue weighted by atomic mass is 10.1. The van der Waals surface area contributed by atoms with Gasteiger partial charge in [-0.05, 0) is 13.3 Å². The highest BCUT2D eigenvalue weighted by Gasteiger charge is 2.28. The second kappa shape index (κ2) is 4.74. The first-order valence-corrected chi connectivity index (χ1v) is 4.73. The maximum Gasteiger partial charge on any atom is 0.103 e. The van der Waals surface area contributed by atoms with Gasteiger partial charge in [0.05, 0.1) is 12.2 Å². The number of rotatable bonds is 4. The Bertz CT molecular complexity index is 173. The largest absolute Gasteiger partial charge is 0.390 e. The van der Waals surface area contributed by atoms with Gasteiger partial charge in [0.15, 0.2) is 0 Å². The monoisotopic (exact) mass is 186 g/mol. The van der Waals surface area contributed by atoms with E-state index in [1.807, 2.05) is 12.2 Å². The molecule has 13 heavy (non-hydrogen) atoms. The zero-order valence-electron chi connectivity index (χ0n) is 8.43. The second-order valence-electron chi connectivity index (χ2n) is 3.37. The Hall–Kier alpha value is -0.380. The van der Waals surface area contributed by atoms with Crippen LogP contribution in [0.3, 0.4) is 0 Å². The van der Waals surface area contributed by atoms with Crippen molar-refractivity contribution in [2.45, 2.75) is 44.7 Å². The molecule has 0 saturated carbocycles. The lowest BCUT2D eigenvalue weighted by Crippen LogP contribution is -2.31. The highest BCUT2D eigenvalue weighted by molar-refractivity contribution is 5.06. The molecule has 0 aromatic rings. The minimum Gasteiger partial charge on any atom is -0.390 e. The van der Waals surface area contributed by atoms with E-state index in [0.29, 0.717) is 0 Å². The topological polar surface area (TPSA) is 38.7 Å². The molecule has 3 heteroatoms. The molecule has 0 amide bonds. The minimum absolute atomic E-state index is 0.00500. The molecule has 0 aliphatic carbocycles. The van der Waals surface area contributed by atoms with Crippen LogP contribution in [0.25, 0.3) is 0 Å². The van der Waals surface area contributed by atoms with Gasteiger partial charge in [-0.25, -0.2) is 0 Å². The van der Waals surface area contributed by atoms with Crippen molar-refractivity contribution in [3.63, 3.8) is 0 Å². The lowest BCUT2D eigenvalue weighted by Gasteiger charge is -2.22. The molecule has 1 N–H and O–H groups in total. The fraction of sp³-hybridized carbons (Fsp3) is 0.800. The number of hydrogen-bond donors (Lipinski definition) is 1. The third kappa shape index (κ3) is 2.53. The second-order valence-corrected chi connectivity index (χ2v) is 3.37. The van der Waals surface area contributed by atoms with Crippen LogP contribution in [0.15, 0.2) is 12.2 Å². The van der Waals surface area contributed by atoms with E-state index < -0.39 is 6.10 Å². The lowest BCUT2D eigenvalue weighted by molar-refractivity contribution is -0.0714. The highest BCUT2D eigenvalue weighted by Crippen LogP contribution is 2.20. The maximum absolute atomic E-state index is 9.28. The fourth-order valence-electron chi connectivity index (χ4n) is 1.51. The predicted octanol–water partition coefficient (Wildman–Crippen LogP) is 1.12. The normalized spacial score (nSPS) is 32.0. The van der Waals surface area contributed by atoms with Crippen molar-refractivity contribution < 1.29 is 14.6 Å². The molecular formula is C10H18O3. The standard InChI is InChI=1S/C10H18O3/c1-4-8(12-3)10-6-5-9(13-10)7(2)11/h5-11H,4H2,1-3H3. The molecule has 0 bridgehead atoms. The van der Waals surface area contributed by atoms with Crippen LogP contribution >= 0.6 is 0 Å². The molecular weight excluding hydrogens is 168 g/mol. The average Bonchev–Trinajstić information content (AvgIpc) is 2.56. The Morgan fingerprint density at radius 3 is 2.46 bits per heavy atom. The van der Waals surface area contributed by atoms with Crippen LogP contribution in [0.5, 0.6) is 0 Å². The quantitative estimate of drug-likeness (QED) is 0.668. The molecule has 1 aliphatic rings. The number of aliphatic hydroxyl groups is 1. The first-order valence-electron chi connectivity index (χ1n) is 4.73. The Kier molecular flexibility index (Phi) is 3.90. The van der Waals surface area contributed by atoms with Crippen molar-refractivity contribution >= 4 is 0 Å². The molecule has 76 valence electrons. The van der Waals surface area contributed by atoms with E-state index >= 15 is 0 Å². The average molecular weight is 186 g/mol. The zero-order valence-corrected chi connectivity index (χ0v) is 8.43. The van der Waals surface area contributed by atoms with Gasteiger partial charge in [-0.3, -0.25) is 0 Å². The number of aliphatic hydroxyl groups excluding tert-OH is 1. The summed E-state index contributed by atoms with van der Waals surface area (Å²) in [6.45, 7) is 3.78. The van der Waals surface area contributed by atoms with E-state index in [1.54, 1.807) is 14.0 Å². The fourth-order valence-corrected chi connectivity index (χ4v) is 1.51. The molecule has 4 unspecified atom stereocenters. The van der Waals surface area contributed by atoms with Crippen molar-refractivity contribution in [1.82, 2.24) is 0 Å². The zero-order chi connectivity index (χ0) is 9.84. The van der Waals surface area contributed by atoms with Crippen molar-refractivity contribution in [3.05, 3.63) is 12.2 Å².